The highest BCUT2D eigenvalue weighted by molar-refractivity contribution is 5.83. The Balaban J connectivity index is 1.98. The van der Waals surface area contributed by atoms with Crippen LogP contribution in [0.5, 0.6) is 0 Å². The van der Waals surface area contributed by atoms with Crippen LogP contribution >= 0.6 is 0 Å². The first-order valence-electron chi connectivity index (χ1n) is 11.4. The molecule has 0 aromatic rings. The molecule has 0 bridgehead atoms. The molecule has 2 rings (SSSR count). The van der Waals surface area contributed by atoms with Crippen LogP contribution in [0.3, 0.4) is 0 Å². The van der Waals surface area contributed by atoms with Gasteiger partial charge in [-0.15, -0.1) is 0 Å². The lowest BCUT2D eigenvalue weighted by Crippen LogP contribution is -2.60. The topological polar surface area (TPSA) is 134 Å². The van der Waals surface area contributed by atoms with Crippen LogP contribution in [0.25, 0.3) is 0 Å². The van der Waals surface area contributed by atoms with Crippen LogP contribution < -0.4 is 0 Å². The van der Waals surface area contributed by atoms with Crippen molar-refractivity contribution in [2.75, 3.05) is 0 Å². The quantitative estimate of drug-likeness (QED) is 0.250. The molecule has 34 heavy (non-hydrogen) atoms. The Kier molecular flexibility index (Phi) is 9.58. The van der Waals surface area contributed by atoms with Crippen molar-refractivity contribution in [3.63, 3.8) is 0 Å². The Morgan fingerprint density at radius 3 is 2.35 bits per heavy atom. The largest absolute Gasteiger partial charge is 0.479 e. The summed E-state index contributed by atoms with van der Waals surface area (Å²) in [5, 5.41) is 38.5. The van der Waals surface area contributed by atoms with Crippen molar-refractivity contribution in [2.45, 2.75) is 84.6 Å². The molecule has 1 fully saturated rings. The third-order valence-electron chi connectivity index (χ3n) is 6.16. The van der Waals surface area contributed by atoms with Crippen LogP contribution in [-0.2, 0) is 19.1 Å². The molecule has 8 nitrogen and oxygen atoms in total. The lowest BCUT2D eigenvalue weighted by atomic mass is 9.72. The lowest BCUT2D eigenvalue weighted by Gasteiger charge is -2.37. The third-order valence-corrected chi connectivity index (χ3v) is 6.16. The van der Waals surface area contributed by atoms with Gasteiger partial charge in [-0.25, -0.2) is 9.59 Å². The van der Waals surface area contributed by atoms with Gasteiger partial charge in [0.25, 0.3) is 0 Å². The molecular formula is C26H36O8. The zero-order chi connectivity index (χ0) is 25.6. The summed E-state index contributed by atoms with van der Waals surface area (Å²) in [4.78, 5) is 23.3. The van der Waals surface area contributed by atoms with Gasteiger partial charge >= 0.3 is 11.9 Å². The molecule has 0 radical (unpaired) electrons. The zero-order valence-corrected chi connectivity index (χ0v) is 20.4. The highest BCUT2D eigenvalue weighted by Gasteiger charge is 2.48. The van der Waals surface area contributed by atoms with E-state index in [1.165, 1.54) is 24.0 Å². The van der Waals surface area contributed by atoms with Crippen LogP contribution in [0.4, 0.5) is 0 Å². The summed E-state index contributed by atoms with van der Waals surface area (Å²) in [6.07, 6.45) is 5.29. The van der Waals surface area contributed by atoms with Crippen LogP contribution in [-0.4, -0.2) is 63.1 Å². The average Bonchev–Trinajstić information content (AvgIpc) is 2.73. The SMILES string of the molecule is CC1=C(/C=C/C(C)=C/C=C/C(C)=C\C(=O)O[C@@H]2O[C@@H](C(=O)O)[C@@H](O)[C@@H](O)[C@@H]2O)C(C)(C)CCC1. The number of carboxylic acid groups (broad SMARTS) is 1. The van der Waals surface area contributed by atoms with Crippen molar-refractivity contribution in [3.05, 3.63) is 58.7 Å². The lowest BCUT2D eigenvalue weighted by molar-refractivity contribution is -0.284. The molecule has 0 amide bonds. The minimum absolute atomic E-state index is 0.170. The van der Waals surface area contributed by atoms with Gasteiger partial charge in [-0.1, -0.05) is 55.4 Å². The van der Waals surface area contributed by atoms with E-state index in [4.69, 9.17) is 14.6 Å². The molecule has 8 heteroatoms. The Morgan fingerprint density at radius 1 is 1.06 bits per heavy atom. The Morgan fingerprint density at radius 2 is 1.74 bits per heavy atom. The van der Waals surface area contributed by atoms with E-state index in [1.54, 1.807) is 19.1 Å². The molecule has 5 atom stereocenters. The molecule has 188 valence electrons. The van der Waals surface area contributed by atoms with E-state index in [1.807, 2.05) is 13.0 Å². The molecule has 1 heterocycles. The Labute approximate surface area is 200 Å². The number of esters is 1. The fourth-order valence-electron chi connectivity index (χ4n) is 4.16. The zero-order valence-electron chi connectivity index (χ0n) is 20.4. The molecule has 0 saturated carbocycles. The van der Waals surface area contributed by atoms with E-state index in [0.717, 1.165) is 18.1 Å². The number of hydrogen-bond donors (Lipinski definition) is 4. The molecule has 2 aliphatic rings. The van der Waals surface area contributed by atoms with E-state index in [0.29, 0.717) is 5.57 Å². The first-order valence-corrected chi connectivity index (χ1v) is 11.4. The molecule has 0 unspecified atom stereocenters. The van der Waals surface area contributed by atoms with Crippen LogP contribution in [0.15, 0.2) is 58.7 Å². The molecule has 4 N–H and O–H groups in total. The van der Waals surface area contributed by atoms with Gasteiger partial charge in [0.2, 0.25) is 6.29 Å². The number of aliphatic carboxylic acids is 1. The second-order valence-corrected chi connectivity index (χ2v) is 9.59. The maximum absolute atomic E-state index is 12.2. The van der Waals surface area contributed by atoms with Gasteiger partial charge in [0.1, 0.15) is 18.3 Å². The standard InChI is InChI=1S/C26H36O8/c1-15(11-12-18-17(3)10-7-13-26(18,4)5)8-6-9-16(2)14-19(27)33-25-22(30)20(28)21(29)23(34-25)24(31)32/h6,8-9,11-12,14,20-23,25,28-30H,7,10,13H2,1-5H3,(H,31,32)/b9-6+,12-11+,15-8+,16-14-/t20-,21+,22+,23-,25-/m1/s1. The van der Waals surface area contributed by atoms with E-state index < -0.39 is 42.6 Å². The monoisotopic (exact) mass is 476 g/mol. The number of hydrogen-bond acceptors (Lipinski definition) is 7. The second-order valence-electron chi connectivity index (χ2n) is 9.59. The number of aliphatic hydroxyl groups excluding tert-OH is 3. The molecule has 1 aliphatic carbocycles. The Hall–Kier alpha value is -2.52. The summed E-state index contributed by atoms with van der Waals surface area (Å²) in [5.74, 6) is -2.44. The van der Waals surface area contributed by atoms with Crippen molar-refractivity contribution in [1.82, 2.24) is 0 Å². The predicted molar refractivity (Wildman–Crippen MR) is 127 cm³/mol. The molecule has 1 saturated heterocycles. The van der Waals surface area contributed by atoms with E-state index in [9.17, 15) is 24.9 Å². The van der Waals surface area contributed by atoms with Gasteiger partial charge in [0.15, 0.2) is 6.10 Å². The molecule has 0 spiro atoms. The highest BCUT2D eigenvalue weighted by atomic mass is 16.7. The summed E-state index contributed by atoms with van der Waals surface area (Å²) >= 11 is 0. The fourth-order valence-corrected chi connectivity index (χ4v) is 4.16. The number of rotatable bonds is 7. The van der Waals surface area contributed by atoms with Gasteiger partial charge in [-0.05, 0) is 56.6 Å². The summed E-state index contributed by atoms with van der Waals surface area (Å²) in [6, 6.07) is 0. The van der Waals surface area contributed by atoms with Gasteiger partial charge in [-0.2, -0.15) is 0 Å². The summed E-state index contributed by atoms with van der Waals surface area (Å²) in [6.45, 7) is 10.4. The minimum Gasteiger partial charge on any atom is -0.479 e. The molecule has 1 aliphatic heterocycles. The van der Waals surface area contributed by atoms with Gasteiger partial charge in [0.05, 0.1) is 0 Å². The second kappa shape index (κ2) is 11.8. The van der Waals surface area contributed by atoms with Gasteiger partial charge in [-0.3, -0.25) is 0 Å². The van der Waals surface area contributed by atoms with Crippen LogP contribution in [0.2, 0.25) is 0 Å². The number of carbonyl (C=O) groups is 2. The van der Waals surface area contributed by atoms with Crippen molar-refractivity contribution in [1.29, 1.82) is 0 Å². The van der Waals surface area contributed by atoms with E-state index >= 15 is 0 Å². The van der Waals surface area contributed by atoms with Crippen LogP contribution in [0.1, 0.15) is 53.9 Å². The maximum Gasteiger partial charge on any atom is 0.335 e. The van der Waals surface area contributed by atoms with Crippen molar-refractivity contribution in [3.8, 4) is 0 Å². The maximum atomic E-state index is 12.2. The molecule has 0 aromatic carbocycles. The third kappa shape index (κ3) is 7.24. The predicted octanol–water partition coefficient (Wildman–Crippen LogP) is 2.95. The van der Waals surface area contributed by atoms with E-state index in [2.05, 4.69) is 32.9 Å². The first-order chi connectivity index (χ1) is 15.8. The van der Waals surface area contributed by atoms with Crippen molar-refractivity contribution in [2.24, 2.45) is 5.41 Å². The fraction of sp³-hybridized carbons (Fsp3) is 0.538. The number of allylic oxidation sites excluding steroid dienone is 9. The Bertz CT molecular complexity index is 921. The number of aliphatic hydroxyl groups is 3. The molecule has 0 aromatic heterocycles. The van der Waals surface area contributed by atoms with E-state index in [-0.39, 0.29) is 5.41 Å². The van der Waals surface area contributed by atoms with Crippen molar-refractivity contribution >= 4 is 11.9 Å². The number of carbonyl (C=O) groups excluding carboxylic acids is 1. The smallest absolute Gasteiger partial charge is 0.335 e. The highest BCUT2D eigenvalue weighted by Crippen LogP contribution is 2.40. The van der Waals surface area contributed by atoms with Gasteiger partial charge < -0.3 is 29.9 Å². The van der Waals surface area contributed by atoms with Crippen LogP contribution in [0, 0.1) is 5.41 Å². The minimum atomic E-state index is -1.85. The van der Waals surface area contributed by atoms with Gasteiger partial charge in [0, 0.05) is 6.08 Å². The normalized spacial score (nSPS) is 30.8. The van der Waals surface area contributed by atoms with Crippen molar-refractivity contribution < 1.29 is 39.5 Å². The average molecular weight is 477 g/mol. The molecular weight excluding hydrogens is 440 g/mol. The number of carboxylic acids is 1. The summed E-state index contributed by atoms with van der Waals surface area (Å²) in [5.41, 5.74) is 4.56. The number of ether oxygens (including phenoxy) is 2. The summed E-state index contributed by atoms with van der Waals surface area (Å²) < 4.78 is 9.88. The summed E-state index contributed by atoms with van der Waals surface area (Å²) in [7, 11) is 0. The first kappa shape index (κ1) is 27.7.